The van der Waals surface area contributed by atoms with E-state index in [-0.39, 0.29) is 18.6 Å². The van der Waals surface area contributed by atoms with Gasteiger partial charge in [-0.1, -0.05) is 43.3 Å². The van der Waals surface area contributed by atoms with E-state index in [2.05, 4.69) is 17.6 Å². The zero-order valence-electron chi connectivity index (χ0n) is 16.2. The van der Waals surface area contributed by atoms with Gasteiger partial charge in [0.1, 0.15) is 5.75 Å². The Hall–Kier alpha value is -2.53. The van der Waals surface area contributed by atoms with Crippen LogP contribution in [0.15, 0.2) is 48.5 Å². The van der Waals surface area contributed by atoms with Crippen molar-refractivity contribution in [3.8, 4) is 5.75 Å². The summed E-state index contributed by atoms with van der Waals surface area (Å²) in [6.07, 6.45) is 1.59. The van der Waals surface area contributed by atoms with Gasteiger partial charge in [0.15, 0.2) is 0 Å². The molecule has 0 aliphatic carbocycles. The van der Waals surface area contributed by atoms with E-state index in [9.17, 15) is 9.90 Å². The molecule has 0 spiro atoms. The van der Waals surface area contributed by atoms with E-state index in [0.29, 0.717) is 26.1 Å². The Morgan fingerprint density at radius 2 is 1.93 bits per heavy atom. The van der Waals surface area contributed by atoms with Crippen molar-refractivity contribution in [3.63, 3.8) is 0 Å². The van der Waals surface area contributed by atoms with Crippen LogP contribution >= 0.6 is 0 Å². The molecule has 3 N–H and O–H groups in total. The molecule has 1 atom stereocenters. The number of urea groups is 1. The molecule has 2 amide bonds. The lowest BCUT2D eigenvalue weighted by Crippen LogP contribution is -2.37. The van der Waals surface area contributed by atoms with E-state index < -0.39 is 0 Å². The second kappa shape index (κ2) is 11.2. The minimum Gasteiger partial charge on any atom is -0.494 e. The molecular formula is C22H30N2O3. The molecule has 0 aliphatic rings. The lowest BCUT2D eigenvalue weighted by atomic mass is 9.96. The van der Waals surface area contributed by atoms with Gasteiger partial charge in [-0.05, 0) is 48.6 Å². The van der Waals surface area contributed by atoms with Crippen molar-refractivity contribution in [2.24, 2.45) is 0 Å². The molecule has 2 rings (SSSR count). The van der Waals surface area contributed by atoms with E-state index in [0.717, 1.165) is 28.9 Å². The lowest BCUT2D eigenvalue weighted by Gasteiger charge is -2.17. The van der Waals surface area contributed by atoms with Crippen LogP contribution in [0.5, 0.6) is 5.75 Å². The number of aryl methyl sites for hydroxylation is 1. The highest BCUT2D eigenvalue weighted by molar-refractivity contribution is 5.74. The van der Waals surface area contributed by atoms with Crippen molar-refractivity contribution in [3.05, 3.63) is 65.2 Å². The van der Waals surface area contributed by atoms with E-state index in [1.165, 1.54) is 0 Å². The standard InChI is InChI=1S/C22H30N2O3/c1-3-13-27-21-10-9-19(17(2)14-21)15-23-22(26)24-16-20(11-12-25)18-7-5-4-6-8-18/h4-10,14,20,25H,3,11-13,15-16H2,1-2H3,(H2,23,24,26)/t20-/m1/s1. The van der Waals surface area contributed by atoms with E-state index in [1.807, 2.05) is 55.5 Å². The molecule has 5 heteroatoms. The van der Waals surface area contributed by atoms with Gasteiger partial charge in [0.25, 0.3) is 0 Å². The lowest BCUT2D eigenvalue weighted by molar-refractivity contribution is 0.237. The van der Waals surface area contributed by atoms with Crippen LogP contribution in [-0.2, 0) is 6.54 Å². The predicted molar refractivity (Wildman–Crippen MR) is 108 cm³/mol. The quantitative estimate of drug-likeness (QED) is 0.596. The van der Waals surface area contributed by atoms with Crippen LogP contribution in [0.2, 0.25) is 0 Å². The first-order valence-electron chi connectivity index (χ1n) is 9.53. The average Bonchev–Trinajstić information content (AvgIpc) is 2.69. The molecule has 2 aromatic rings. The number of carbonyl (C=O) groups excluding carboxylic acids is 1. The molecule has 0 saturated heterocycles. The van der Waals surface area contributed by atoms with Gasteiger partial charge in [-0.2, -0.15) is 0 Å². The summed E-state index contributed by atoms with van der Waals surface area (Å²) in [5, 5.41) is 15.1. The molecule has 2 aromatic carbocycles. The molecule has 27 heavy (non-hydrogen) atoms. The smallest absolute Gasteiger partial charge is 0.315 e. The summed E-state index contributed by atoms with van der Waals surface area (Å²) in [4.78, 5) is 12.2. The molecule has 0 unspecified atom stereocenters. The number of hydrogen-bond acceptors (Lipinski definition) is 3. The van der Waals surface area contributed by atoms with Crippen LogP contribution in [0.4, 0.5) is 4.79 Å². The molecule has 0 bridgehead atoms. The van der Waals surface area contributed by atoms with Gasteiger partial charge in [-0.3, -0.25) is 0 Å². The number of amides is 2. The maximum Gasteiger partial charge on any atom is 0.315 e. The second-order valence-electron chi connectivity index (χ2n) is 6.62. The summed E-state index contributed by atoms with van der Waals surface area (Å²) < 4.78 is 5.63. The zero-order valence-corrected chi connectivity index (χ0v) is 16.2. The van der Waals surface area contributed by atoms with Crippen LogP contribution in [-0.4, -0.2) is 30.9 Å². The molecule has 0 heterocycles. The first kappa shape index (κ1) is 20.8. The fourth-order valence-corrected chi connectivity index (χ4v) is 2.90. The SMILES string of the molecule is CCCOc1ccc(CNC(=O)NC[C@@H](CCO)c2ccccc2)c(C)c1. The number of aliphatic hydroxyl groups excluding tert-OH is 1. The first-order chi connectivity index (χ1) is 13.1. The van der Waals surface area contributed by atoms with Crippen LogP contribution in [0.25, 0.3) is 0 Å². The monoisotopic (exact) mass is 370 g/mol. The molecule has 0 aromatic heterocycles. The number of ether oxygens (including phenoxy) is 1. The number of hydrogen-bond donors (Lipinski definition) is 3. The van der Waals surface area contributed by atoms with Gasteiger partial charge in [0, 0.05) is 25.6 Å². The molecule has 0 radical (unpaired) electrons. The summed E-state index contributed by atoms with van der Waals surface area (Å²) in [6, 6.07) is 15.6. The molecule has 0 saturated carbocycles. The van der Waals surface area contributed by atoms with Crippen molar-refractivity contribution in [1.29, 1.82) is 0 Å². The molecule has 0 aliphatic heterocycles. The number of rotatable bonds is 10. The number of aliphatic hydroxyl groups is 1. The maximum absolute atomic E-state index is 12.2. The predicted octanol–water partition coefficient (Wildman–Crippen LogP) is 3.75. The van der Waals surface area contributed by atoms with Gasteiger partial charge < -0.3 is 20.5 Å². The summed E-state index contributed by atoms with van der Waals surface area (Å²) in [5.41, 5.74) is 3.26. The Morgan fingerprint density at radius 1 is 1.15 bits per heavy atom. The molecular weight excluding hydrogens is 340 g/mol. The third-order valence-electron chi connectivity index (χ3n) is 4.48. The fraction of sp³-hybridized carbons (Fsp3) is 0.409. The van der Waals surface area contributed by atoms with Gasteiger partial charge >= 0.3 is 6.03 Å². The Bertz CT molecular complexity index is 704. The fourth-order valence-electron chi connectivity index (χ4n) is 2.90. The van der Waals surface area contributed by atoms with Crippen LogP contribution in [0, 0.1) is 6.92 Å². The van der Waals surface area contributed by atoms with Crippen molar-refractivity contribution in [1.82, 2.24) is 10.6 Å². The summed E-state index contributed by atoms with van der Waals surface area (Å²) in [7, 11) is 0. The van der Waals surface area contributed by atoms with E-state index >= 15 is 0 Å². The zero-order chi connectivity index (χ0) is 19.5. The van der Waals surface area contributed by atoms with Crippen molar-refractivity contribution >= 4 is 6.03 Å². The first-order valence-corrected chi connectivity index (χ1v) is 9.53. The van der Waals surface area contributed by atoms with E-state index in [1.54, 1.807) is 0 Å². The summed E-state index contributed by atoms with van der Waals surface area (Å²) in [6.45, 7) is 5.83. The normalized spacial score (nSPS) is 11.7. The van der Waals surface area contributed by atoms with Crippen LogP contribution < -0.4 is 15.4 Å². The summed E-state index contributed by atoms with van der Waals surface area (Å²) >= 11 is 0. The molecule has 5 nitrogen and oxygen atoms in total. The number of benzene rings is 2. The van der Waals surface area contributed by atoms with Crippen molar-refractivity contribution in [2.45, 2.75) is 39.2 Å². The minimum absolute atomic E-state index is 0.0918. The third kappa shape index (κ3) is 6.94. The van der Waals surface area contributed by atoms with Gasteiger partial charge in [-0.25, -0.2) is 4.79 Å². The van der Waals surface area contributed by atoms with Gasteiger partial charge in [0.2, 0.25) is 0 Å². The molecule has 0 fully saturated rings. The van der Waals surface area contributed by atoms with E-state index in [4.69, 9.17) is 4.74 Å². The van der Waals surface area contributed by atoms with Crippen LogP contribution in [0.1, 0.15) is 42.4 Å². The Labute approximate surface area is 161 Å². The largest absolute Gasteiger partial charge is 0.494 e. The number of nitrogens with one attached hydrogen (secondary N) is 2. The van der Waals surface area contributed by atoms with Crippen molar-refractivity contribution in [2.75, 3.05) is 19.8 Å². The third-order valence-corrected chi connectivity index (χ3v) is 4.48. The van der Waals surface area contributed by atoms with Crippen LogP contribution in [0.3, 0.4) is 0 Å². The highest BCUT2D eigenvalue weighted by Gasteiger charge is 2.12. The Balaban J connectivity index is 1.83. The van der Waals surface area contributed by atoms with Crippen molar-refractivity contribution < 1.29 is 14.6 Å². The number of carbonyl (C=O) groups is 1. The maximum atomic E-state index is 12.2. The Morgan fingerprint density at radius 3 is 2.59 bits per heavy atom. The minimum atomic E-state index is -0.209. The summed E-state index contributed by atoms with van der Waals surface area (Å²) in [5.74, 6) is 0.955. The average molecular weight is 370 g/mol. The highest BCUT2D eigenvalue weighted by Crippen LogP contribution is 2.19. The topological polar surface area (TPSA) is 70.6 Å². The molecule has 146 valence electrons. The van der Waals surface area contributed by atoms with Gasteiger partial charge in [0.05, 0.1) is 6.61 Å². The van der Waals surface area contributed by atoms with Gasteiger partial charge in [-0.15, -0.1) is 0 Å². The Kier molecular flexibility index (Phi) is 8.65. The second-order valence-corrected chi connectivity index (χ2v) is 6.62. The highest BCUT2D eigenvalue weighted by atomic mass is 16.5.